The molecule has 1 aliphatic carbocycles. The molecule has 2 aliphatic rings. The third-order valence-electron chi connectivity index (χ3n) is 3.54. The Morgan fingerprint density at radius 3 is 2.50 bits per heavy atom. The molecule has 0 N–H and O–H groups in total. The van der Waals surface area contributed by atoms with E-state index in [9.17, 15) is 0 Å². The van der Waals surface area contributed by atoms with Gasteiger partial charge in [-0.2, -0.15) is 0 Å². The van der Waals surface area contributed by atoms with Crippen molar-refractivity contribution in [2.75, 3.05) is 19.6 Å². The Balaban J connectivity index is 1.95. The van der Waals surface area contributed by atoms with Gasteiger partial charge >= 0.3 is 0 Å². The van der Waals surface area contributed by atoms with Crippen LogP contribution >= 0.6 is 0 Å². The van der Waals surface area contributed by atoms with E-state index in [2.05, 4.69) is 24.8 Å². The van der Waals surface area contributed by atoms with E-state index in [1.165, 1.54) is 50.9 Å². The van der Waals surface area contributed by atoms with Crippen molar-refractivity contribution in [2.24, 2.45) is 0 Å². The third kappa shape index (κ3) is 2.27. The van der Waals surface area contributed by atoms with Crippen molar-refractivity contribution >= 4 is 0 Å². The summed E-state index contributed by atoms with van der Waals surface area (Å²) < 4.78 is 0. The Labute approximate surface area is 87.5 Å². The molecule has 0 saturated carbocycles. The van der Waals surface area contributed by atoms with Crippen molar-refractivity contribution in [3.8, 4) is 0 Å². The summed E-state index contributed by atoms with van der Waals surface area (Å²) in [7, 11) is 0. The number of rotatable bonds is 2. The average molecular weight is 191 g/mol. The van der Waals surface area contributed by atoms with Crippen molar-refractivity contribution in [3.63, 3.8) is 0 Å². The number of hydrogen-bond acceptors (Lipinski definition) is 1. The van der Waals surface area contributed by atoms with Crippen LogP contribution in [-0.2, 0) is 0 Å². The maximum Gasteiger partial charge on any atom is 0.0196 e. The molecule has 1 heteroatoms. The molecular formula is C13H21N. The first kappa shape index (κ1) is 9.97. The van der Waals surface area contributed by atoms with Crippen LogP contribution in [0.5, 0.6) is 0 Å². The van der Waals surface area contributed by atoms with Crippen LogP contribution in [0.4, 0.5) is 0 Å². The van der Waals surface area contributed by atoms with Crippen molar-refractivity contribution in [1.82, 2.24) is 4.90 Å². The Bertz CT molecular complexity index is 267. The second kappa shape index (κ2) is 4.31. The first-order chi connectivity index (χ1) is 6.75. The highest BCUT2D eigenvalue weighted by atomic mass is 15.1. The minimum absolute atomic E-state index is 1.23. The topological polar surface area (TPSA) is 3.24 Å². The Hall–Kier alpha value is -0.560. The SMILES string of the molecule is CC1=C(C)CCC(CN2CCCC2)=C1. The zero-order valence-electron chi connectivity index (χ0n) is 9.47. The van der Waals surface area contributed by atoms with Gasteiger partial charge < -0.3 is 0 Å². The maximum atomic E-state index is 2.60. The summed E-state index contributed by atoms with van der Waals surface area (Å²) in [5.41, 5.74) is 4.73. The van der Waals surface area contributed by atoms with E-state index in [4.69, 9.17) is 0 Å². The highest BCUT2D eigenvalue weighted by Gasteiger charge is 2.14. The molecule has 0 spiro atoms. The summed E-state index contributed by atoms with van der Waals surface area (Å²) >= 11 is 0. The van der Waals surface area contributed by atoms with Crippen LogP contribution < -0.4 is 0 Å². The molecule has 0 amide bonds. The van der Waals surface area contributed by atoms with Crippen molar-refractivity contribution in [2.45, 2.75) is 39.5 Å². The van der Waals surface area contributed by atoms with Gasteiger partial charge in [0.15, 0.2) is 0 Å². The lowest BCUT2D eigenvalue weighted by molar-refractivity contribution is 0.364. The third-order valence-corrected chi connectivity index (χ3v) is 3.54. The molecule has 1 nitrogen and oxygen atoms in total. The standard InChI is InChI=1S/C13H21N/c1-11-5-6-13(9-12(11)2)10-14-7-3-4-8-14/h9H,3-8,10H2,1-2H3. The van der Waals surface area contributed by atoms with Gasteiger partial charge in [-0.3, -0.25) is 4.90 Å². The molecule has 1 aliphatic heterocycles. The second-order valence-electron chi connectivity index (χ2n) is 4.75. The fraction of sp³-hybridized carbons (Fsp3) is 0.692. The molecule has 14 heavy (non-hydrogen) atoms. The number of hydrogen-bond donors (Lipinski definition) is 0. The van der Waals surface area contributed by atoms with E-state index in [0.29, 0.717) is 0 Å². The molecule has 0 atom stereocenters. The van der Waals surface area contributed by atoms with Crippen LogP contribution in [0.2, 0.25) is 0 Å². The Kier molecular flexibility index (Phi) is 3.07. The van der Waals surface area contributed by atoms with E-state index >= 15 is 0 Å². The van der Waals surface area contributed by atoms with Gasteiger partial charge in [0.1, 0.15) is 0 Å². The largest absolute Gasteiger partial charge is 0.299 e. The monoisotopic (exact) mass is 191 g/mol. The zero-order valence-corrected chi connectivity index (χ0v) is 9.47. The average Bonchev–Trinajstić information content (AvgIpc) is 2.64. The lowest BCUT2D eigenvalue weighted by Gasteiger charge is -2.21. The molecule has 1 saturated heterocycles. The number of allylic oxidation sites excluding steroid dienone is 3. The molecule has 0 aromatic carbocycles. The highest BCUT2D eigenvalue weighted by Crippen LogP contribution is 2.24. The van der Waals surface area contributed by atoms with Gasteiger partial charge in [0.05, 0.1) is 0 Å². The molecular weight excluding hydrogens is 170 g/mol. The van der Waals surface area contributed by atoms with Crippen LogP contribution in [0.25, 0.3) is 0 Å². The van der Waals surface area contributed by atoms with Gasteiger partial charge in [-0.1, -0.05) is 22.8 Å². The smallest absolute Gasteiger partial charge is 0.0196 e. The van der Waals surface area contributed by atoms with Gasteiger partial charge in [0, 0.05) is 6.54 Å². The van der Waals surface area contributed by atoms with Crippen LogP contribution in [-0.4, -0.2) is 24.5 Å². The number of nitrogens with zero attached hydrogens (tertiary/aromatic N) is 1. The van der Waals surface area contributed by atoms with Crippen molar-refractivity contribution < 1.29 is 0 Å². The lowest BCUT2D eigenvalue weighted by atomic mass is 9.94. The van der Waals surface area contributed by atoms with Crippen LogP contribution in [0.3, 0.4) is 0 Å². The van der Waals surface area contributed by atoms with E-state index in [-0.39, 0.29) is 0 Å². The van der Waals surface area contributed by atoms with Crippen LogP contribution in [0, 0.1) is 0 Å². The predicted molar refractivity (Wildman–Crippen MR) is 61.4 cm³/mol. The summed E-state index contributed by atoms with van der Waals surface area (Å²) in [6.45, 7) is 8.37. The van der Waals surface area contributed by atoms with E-state index in [1.54, 1.807) is 11.1 Å². The van der Waals surface area contributed by atoms with Gasteiger partial charge in [0.25, 0.3) is 0 Å². The Morgan fingerprint density at radius 2 is 1.86 bits per heavy atom. The normalized spacial score (nSPS) is 24.3. The summed E-state index contributed by atoms with van der Waals surface area (Å²) in [6, 6.07) is 0. The molecule has 2 rings (SSSR count). The quantitative estimate of drug-likeness (QED) is 0.648. The molecule has 78 valence electrons. The highest BCUT2D eigenvalue weighted by molar-refractivity contribution is 5.31. The molecule has 1 fully saturated rings. The van der Waals surface area contributed by atoms with Gasteiger partial charge in [-0.05, 0) is 52.6 Å². The zero-order chi connectivity index (χ0) is 9.97. The second-order valence-corrected chi connectivity index (χ2v) is 4.75. The lowest BCUT2D eigenvalue weighted by Crippen LogP contribution is -2.22. The Morgan fingerprint density at radius 1 is 1.14 bits per heavy atom. The van der Waals surface area contributed by atoms with E-state index < -0.39 is 0 Å². The predicted octanol–water partition coefficient (Wildman–Crippen LogP) is 3.14. The fourth-order valence-corrected chi connectivity index (χ4v) is 2.40. The molecule has 0 aromatic heterocycles. The summed E-state index contributed by atoms with van der Waals surface area (Å²) in [6.07, 6.45) is 7.80. The summed E-state index contributed by atoms with van der Waals surface area (Å²) in [5.74, 6) is 0. The molecule has 0 unspecified atom stereocenters. The van der Waals surface area contributed by atoms with Gasteiger partial charge in [-0.15, -0.1) is 0 Å². The summed E-state index contributed by atoms with van der Waals surface area (Å²) in [5, 5.41) is 0. The van der Waals surface area contributed by atoms with E-state index in [1.807, 2.05) is 0 Å². The molecule has 0 radical (unpaired) electrons. The van der Waals surface area contributed by atoms with Gasteiger partial charge in [-0.25, -0.2) is 0 Å². The van der Waals surface area contributed by atoms with Crippen LogP contribution in [0.1, 0.15) is 39.5 Å². The van der Waals surface area contributed by atoms with Crippen molar-refractivity contribution in [3.05, 3.63) is 22.8 Å². The van der Waals surface area contributed by atoms with Gasteiger partial charge in [0.2, 0.25) is 0 Å². The summed E-state index contributed by atoms with van der Waals surface area (Å²) in [4.78, 5) is 2.60. The molecule has 1 heterocycles. The first-order valence-electron chi connectivity index (χ1n) is 5.84. The number of likely N-dealkylation sites (tertiary alicyclic amines) is 1. The minimum Gasteiger partial charge on any atom is -0.299 e. The molecule has 0 aromatic rings. The first-order valence-corrected chi connectivity index (χ1v) is 5.84. The van der Waals surface area contributed by atoms with E-state index in [0.717, 1.165) is 0 Å². The minimum atomic E-state index is 1.23. The van der Waals surface area contributed by atoms with Crippen molar-refractivity contribution in [1.29, 1.82) is 0 Å². The molecule has 0 bridgehead atoms. The van der Waals surface area contributed by atoms with Crippen LogP contribution in [0.15, 0.2) is 22.8 Å². The maximum absolute atomic E-state index is 2.60. The fourth-order valence-electron chi connectivity index (χ4n) is 2.40.